The van der Waals surface area contributed by atoms with Crippen LogP contribution in [0.4, 0.5) is 0 Å². The molecule has 0 bridgehead atoms. The maximum atomic E-state index is 10.2. The van der Waals surface area contributed by atoms with Crippen LogP contribution in [0, 0.1) is 0 Å². The summed E-state index contributed by atoms with van der Waals surface area (Å²) in [4.78, 5) is 0. The Kier molecular flexibility index (Phi) is 4.08. The maximum absolute atomic E-state index is 10.2. The highest BCUT2D eigenvalue weighted by Crippen LogP contribution is 2.35. The predicted molar refractivity (Wildman–Crippen MR) is 75.4 cm³/mol. The summed E-state index contributed by atoms with van der Waals surface area (Å²) >= 11 is 0. The number of benzene rings is 1. The Bertz CT molecular complexity index is 394. The van der Waals surface area contributed by atoms with Gasteiger partial charge in [-0.1, -0.05) is 37.1 Å². The quantitative estimate of drug-likeness (QED) is 0.816. The smallest absolute Gasteiger partial charge is 0.104 e. The number of nitrogens with zero attached hydrogens (tertiary/aromatic N) is 1. The molecule has 2 heteroatoms. The standard InChI is InChI=1S/C16H26NO/c1-17(2,3)12-13-8-4-5-9-14(13)15-10-6-7-11-16(15)18/h4-5,8-9,15-16,18H,6-7,10-12H2,1-3H3/q+1. The molecule has 0 spiro atoms. The van der Waals surface area contributed by atoms with Gasteiger partial charge in [-0.15, -0.1) is 0 Å². The van der Waals surface area contributed by atoms with Crippen LogP contribution in [0.1, 0.15) is 42.7 Å². The fraction of sp³-hybridized carbons (Fsp3) is 0.625. The molecule has 1 aromatic carbocycles. The first-order valence-electron chi connectivity index (χ1n) is 7.04. The number of quaternary nitrogens is 1. The zero-order valence-electron chi connectivity index (χ0n) is 11.9. The zero-order valence-corrected chi connectivity index (χ0v) is 11.9. The monoisotopic (exact) mass is 248 g/mol. The van der Waals surface area contributed by atoms with E-state index in [0.29, 0.717) is 5.92 Å². The van der Waals surface area contributed by atoms with Gasteiger partial charge in [-0.3, -0.25) is 0 Å². The molecule has 2 atom stereocenters. The summed E-state index contributed by atoms with van der Waals surface area (Å²) < 4.78 is 0.930. The molecule has 1 aromatic rings. The van der Waals surface area contributed by atoms with E-state index in [1.165, 1.54) is 24.0 Å². The molecule has 1 aliphatic rings. The van der Waals surface area contributed by atoms with Gasteiger partial charge < -0.3 is 9.59 Å². The van der Waals surface area contributed by atoms with Gasteiger partial charge >= 0.3 is 0 Å². The van der Waals surface area contributed by atoms with Crippen LogP contribution in [0.3, 0.4) is 0 Å². The normalized spacial score (nSPS) is 25.1. The number of rotatable bonds is 3. The molecule has 2 unspecified atom stereocenters. The van der Waals surface area contributed by atoms with Crippen molar-refractivity contribution in [2.45, 2.75) is 44.2 Å². The Morgan fingerprint density at radius 2 is 1.78 bits per heavy atom. The van der Waals surface area contributed by atoms with Crippen molar-refractivity contribution < 1.29 is 9.59 Å². The molecule has 1 aliphatic carbocycles. The Morgan fingerprint density at radius 3 is 2.44 bits per heavy atom. The van der Waals surface area contributed by atoms with Gasteiger partial charge in [-0.05, 0) is 18.4 Å². The second-order valence-corrected chi connectivity index (χ2v) is 6.61. The van der Waals surface area contributed by atoms with Crippen molar-refractivity contribution in [3.63, 3.8) is 0 Å². The van der Waals surface area contributed by atoms with Crippen LogP contribution >= 0.6 is 0 Å². The average Bonchev–Trinajstić information content (AvgIpc) is 2.29. The number of aliphatic hydroxyl groups is 1. The van der Waals surface area contributed by atoms with Crippen molar-refractivity contribution in [3.05, 3.63) is 35.4 Å². The molecule has 1 N–H and O–H groups in total. The molecule has 0 radical (unpaired) electrons. The summed E-state index contributed by atoms with van der Waals surface area (Å²) in [6.07, 6.45) is 4.38. The van der Waals surface area contributed by atoms with E-state index in [1.807, 2.05) is 0 Å². The van der Waals surface area contributed by atoms with E-state index in [4.69, 9.17) is 0 Å². The Labute approximate surface area is 111 Å². The van der Waals surface area contributed by atoms with Crippen molar-refractivity contribution in [3.8, 4) is 0 Å². The van der Waals surface area contributed by atoms with Crippen LogP contribution in [-0.4, -0.2) is 36.8 Å². The van der Waals surface area contributed by atoms with Crippen molar-refractivity contribution in [1.82, 2.24) is 0 Å². The molecule has 0 saturated heterocycles. The molecule has 0 amide bonds. The van der Waals surface area contributed by atoms with E-state index >= 15 is 0 Å². The van der Waals surface area contributed by atoms with Gasteiger partial charge in [0.15, 0.2) is 0 Å². The average molecular weight is 248 g/mol. The third kappa shape index (κ3) is 3.33. The highest BCUT2D eigenvalue weighted by molar-refractivity contribution is 5.31. The van der Waals surface area contributed by atoms with Crippen LogP contribution in [0.15, 0.2) is 24.3 Å². The van der Waals surface area contributed by atoms with Crippen LogP contribution in [0.2, 0.25) is 0 Å². The largest absolute Gasteiger partial charge is 0.392 e. The number of aliphatic hydroxyl groups excluding tert-OH is 1. The molecule has 0 aliphatic heterocycles. The molecule has 0 heterocycles. The summed E-state index contributed by atoms with van der Waals surface area (Å²) in [6, 6.07) is 8.66. The Balaban J connectivity index is 2.26. The van der Waals surface area contributed by atoms with Gasteiger partial charge in [-0.2, -0.15) is 0 Å². The molecular weight excluding hydrogens is 222 g/mol. The SMILES string of the molecule is C[N+](C)(C)Cc1ccccc1C1CCCCC1O. The van der Waals surface area contributed by atoms with E-state index in [1.54, 1.807) is 0 Å². The summed E-state index contributed by atoms with van der Waals surface area (Å²) in [6.45, 7) is 1.03. The van der Waals surface area contributed by atoms with Gasteiger partial charge in [0, 0.05) is 11.5 Å². The van der Waals surface area contributed by atoms with Crippen molar-refractivity contribution >= 4 is 0 Å². The molecule has 2 rings (SSSR count). The molecule has 1 fully saturated rings. The first-order chi connectivity index (χ1) is 8.47. The zero-order chi connectivity index (χ0) is 13.2. The van der Waals surface area contributed by atoms with Gasteiger partial charge in [0.1, 0.15) is 6.54 Å². The summed E-state index contributed by atoms with van der Waals surface area (Å²) in [5.74, 6) is 0.349. The molecular formula is C16H26NO+. The van der Waals surface area contributed by atoms with E-state index in [0.717, 1.165) is 23.9 Å². The maximum Gasteiger partial charge on any atom is 0.104 e. The highest BCUT2D eigenvalue weighted by Gasteiger charge is 2.27. The highest BCUT2D eigenvalue weighted by atomic mass is 16.3. The second-order valence-electron chi connectivity index (χ2n) is 6.61. The molecule has 0 aromatic heterocycles. The van der Waals surface area contributed by atoms with E-state index in [-0.39, 0.29) is 6.10 Å². The minimum absolute atomic E-state index is 0.146. The van der Waals surface area contributed by atoms with Crippen LogP contribution in [-0.2, 0) is 6.54 Å². The lowest BCUT2D eigenvalue weighted by atomic mass is 9.80. The summed E-state index contributed by atoms with van der Waals surface area (Å²) in [5.41, 5.74) is 2.77. The third-order valence-corrected chi connectivity index (χ3v) is 3.83. The minimum atomic E-state index is -0.146. The van der Waals surface area contributed by atoms with E-state index in [9.17, 15) is 5.11 Å². The first kappa shape index (κ1) is 13.6. The minimum Gasteiger partial charge on any atom is -0.392 e. The van der Waals surface area contributed by atoms with Gasteiger partial charge in [0.05, 0.1) is 27.2 Å². The Hall–Kier alpha value is -0.860. The van der Waals surface area contributed by atoms with Crippen molar-refractivity contribution in [2.75, 3.05) is 21.1 Å². The summed E-state index contributed by atoms with van der Waals surface area (Å²) in [5, 5.41) is 10.2. The molecule has 2 nitrogen and oxygen atoms in total. The van der Waals surface area contributed by atoms with Crippen molar-refractivity contribution in [2.24, 2.45) is 0 Å². The third-order valence-electron chi connectivity index (χ3n) is 3.83. The molecule has 1 saturated carbocycles. The van der Waals surface area contributed by atoms with Gasteiger partial charge in [-0.25, -0.2) is 0 Å². The summed E-state index contributed by atoms with van der Waals surface area (Å²) in [7, 11) is 6.65. The lowest BCUT2D eigenvalue weighted by Crippen LogP contribution is -2.34. The fourth-order valence-electron chi connectivity index (χ4n) is 3.03. The number of hydrogen-bond acceptors (Lipinski definition) is 1. The molecule has 18 heavy (non-hydrogen) atoms. The van der Waals surface area contributed by atoms with Crippen LogP contribution in [0.5, 0.6) is 0 Å². The number of hydrogen-bond donors (Lipinski definition) is 1. The second kappa shape index (κ2) is 5.41. The predicted octanol–water partition coefficient (Wildman–Crippen LogP) is 2.91. The fourth-order valence-corrected chi connectivity index (χ4v) is 3.03. The lowest BCUT2D eigenvalue weighted by Gasteiger charge is -2.31. The topological polar surface area (TPSA) is 20.2 Å². The Morgan fingerprint density at radius 1 is 1.11 bits per heavy atom. The van der Waals surface area contributed by atoms with E-state index < -0.39 is 0 Å². The lowest BCUT2D eigenvalue weighted by molar-refractivity contribution is -0.884. The molecule has 100 valence electrons. The van der Waals surface area contributed by atoms with E-state index in [2.05, 4.69) is 45.4 Å². The van der Waals surface area contributed by atoms with Gasteiger partial charge in [0.25, 0.3) is 0 Å². The first-order valence-corrected chi connectivity index (χ1v) is 7.04. The van der Waals surface area contributed by atoms with Gasteiger partial charge in [0.2, 0.25) is 0 Å². The van der Waals surface area contributed by atoms with Crippen LogP contribution < -0.4 is 0 Å². The van der Waals surface area contributed by atoms with Crippen LogP contribution in [0.25, 0.3) is 0 Å². The van der Waals surface area contributed by atoms with Crippen molar-refractivity contribution in [1.29, 1.82) is 0 Å².